The molecular formula is C28H28BrClN2O3. The number of nitrogens with one attached hydrogen (secondary N) is 1. The molecule has 0 fully saturated rings. The zero-order chi connectivity index (χ0) is 24.5. The van der Waals surface area contributed by atoms with E-state index in [1.54, 1.807) is 12.4 Å². The van der Waals surface area contributed by atoms with Gasteiger partial charge >= 0.3 is 0 Å². The maximum atomic E-state index is 9.13. The Kier molecular flexibility index (Phi) is 9.37. The van der Waals surface area contributed by atoms with Gasteiger partial charge in [-0.05, 0) is 39.5 Å². The number of nitrogens with zero attached hydrogens (tertiary/aromatic N) is 1. The number of benzene rings is 2. The second kappa shape index (κ2) is 12.9. The van der Waals surface area contributed by atoms with E-state index < -0.39 is 0 Å². The van der Waals surface area contributed by atoms with Crippen LogP contribution in [0.3, 0.4) is 0 Å². The molecule has 0 spiro atoms. The third-order valence-electron chi connectivity index (χ3n) is 5.72. The van der Waals surface area contributed by atoms with Crippen molar-refractivity contribution in [1.29, 1.82) is 0 Å². The normalized spacial score (nSPS) is 15.6. The molecule has 3 aromatic rings. The molecule has 1 atom stereocenters. The molecule has 0 aliphatic heterocycles. The number of rotatable bonds is 11. The van der Waals surface area contributed by atoms with Crippen LogP contribution in [0.1, 0.15) is 17.5 Å². The van der Waals surface area contributed by atoms with Gasteiger partial charge < -0.3 is 19.9 Å². The lowest BCUT2D eigenvalue weighted by molar-refractivity contribution is 0.147. The number of hydrogen-bond donors (Lipinski definition) is 2. The minimum atomic E-state index is 0.0474. The molecule has 0 amide bonds. The summed E-state index contributed by atoms with van der Waals surface area (Å²) >= 11 is 10.4. The van der Waals surface area contributed by atoms with E-state index in [-0.39, 0.29) is 12.5 Å². The minimum absolute atomic E-state index is 0.0474. The molecule has 0 saturated carbocycles. The van der Waals surface area contributed by atoms with Crippen LogP contribution in [-0.2, 0) is 22.7 Å². The van der Waals surface area contributed by atoms with Crippen LogP contribution in [0.2, 0.25) is 0 Å². The van der Waals surface area contributed by atoms with Crippen molar-refractivity contribution in [2.24, 2.45) is 5.92 Å². The van der Waals surface area contributed by atoms with Crippen LogP contribution in [0.4, 0.5) is 0 Å². The summed E-state index contributed by atoms with van der Waals surface area (Å²) in [6, 6.07) is 20.3. The molecule has 5 nitrogen and oxygen atoms in total. The Morgan fingerprint density at radius 2 is 1.89 bits per heavy atom. The molecule has 2 N–H and O–H groups in total. The first kappa shape index (κ1) is 25.5. The van der Waals surface area contributed by atoms with Crippen LogP contribution in [-0.4, -0.2) is 29.8 Å². The van der Waals surface area contributed by atoms with Gasteiger partial charge in [0.25, 0.3) is 0 Å². The van der Waals surface area contributed by atoms with E-state index >= 15 is 0 Å². The maximum Gasteiger partial charge on any atom is 0.137 e. The molecule has 35 heavy (non-hydrogen) atoms. The summed E-state index contributed by atoms with van der Waals surface area (Å²) in [6.45, 7) is 2.02. The van der Waals surface area contributed by atoms with E-state index in [2.05, 4.69) is 44.4 Å². The summed E-state index contributed by atoms with van der Waals surface area (Å²) in [7, 11) is 0. The predicted octanol–water partition coefficient (Wildman–Crippen LogP) is 6.18. The van der Waals surface area contributed by atoms with E-state index in [9.17, 15) is 0 Å². The molecule has 1 aliphatic rings. The number of pyridine rings is 1. The molecular weight excluding hydrogens is 528 g/mol. The summed E-state index contributed by atoms with van der Waals surface area (Å²) in [5, 5.41) is 13.0. The lowest BCUT2D eigenvalue weighted by Crippen LogP contribution is -2.29. The summed E-state index contributed by atoms with van der Waals surface area (Å²) in [5.41, 5.74) is 4.27. The van der Waals surface area contributed by atoms with Crippen LogP contribution >= 0.6 is 27.5 Å². The molecule has 0 radical (unpaired) electrons. The third-order valence-corrected chi connectivity index (χ3v) is 7.00. The summed E-state index contributed by atoms with van der Waals surface area (Å²) < 4.78 is 13.4. The standard InChI is InChI=1S/C28H28BrClN2O3/c29-28-22(9-4-10-24(28)21-7-2-1-3-8-21)19-35-27-15-26(34-18-20-6-5-11-31-16-20)23(14-25(27)30)17-32-12-13-33/h1-11,15-16,23,32-33H,12-14,17-19H2. The lowest BCUT2D eigenvalue weighted by Gasteiger charge is -2.26. The fraction of sp³-hybridized carbons (Fsp3) is 0.250. The molecule has 182 valence electrons. The molecule has 0 bridgehead atoms. The highest BCUT2D eigenvalue weighted by molar-refractivity contribution is 9.10. The number of halogens is 2. The van der Waals surface area contributed by atoms with Gasteiger partial charge in [0.2, 0.25) is 0 Å². The van der Waals surface area contributed by atoms with Crippen LogP contribution in [0.5, 0.6) is 0 Å². The number of aromatic nitrogens is 1. The van der Waals surface area contributed by atoms with Gasteiger partial charge in [-0.2, -0.15) is 0 Å². The fourth-order valence-corrected chi connectivity index (χ4v) is 4.79. The van der Waals surface area contributed by atoms with Crippen LogP contribution in [0.15, 0.2) is 100 Å². The Morgan fingerprint density at radius 1 is 1.03 bits per heavy atom. The highest BCUT2D eigenvalue weighted by Gasteiger charge is 2.25. The Labute approximate surface area is 219 Å². The van der Waals surface area contributed by atoms with Gasteiger partial charge in [0, 0.05) is 53.1 Å². The van der Waals surface area contributed by atoms with Crippen LogP contribution in [0, 0.1) is 5.92 Å². The molecule has 4 rings (SSSR count). The SMILES string of the molecule is OCCNCC1CC(Cl)=C(OCc2cccc(-c3ccccc3)c2Br)C=C1OCc1cccnc1. The first-order valence-electron chi connectivity index (χ1n) is 11.5. The molecule has 0 saturated heterocycles. The Hall–Kier alpha value is -2.64. The van der Waals surface area contributed by atoms with Crippen molar-refractivity contribution in [1.82, 2.24) is 10.3 Å². The number of ether oxygens (including phenoxy) is 2. The van der Waals surface area contributed by atoms with Crippen molar-refractivity contribution in [3.05, 3.63) is 111 Å². The van der Waals surface area contributed by atoms with Crippen LogP contribution in [0.25, 0.3) is 11.1 Å². The maximum absolute atomic E-state index is 9.13. The predicted molar refractivity (Wildman–Crippen MR) is 142 cm³/mol. The van der Waals surface area contributed by atoms with Crippen molar-refractivity contribution in [3.63, 3.8) is 0 Å². The fourth-order valence-electron chi connectivity index (χ4n) is 3.89. The monoisotopic (exact) mass is 554 g/mol. The van der Waals surface area contributed by atoms with Gasteiger partial charge in [-0.3, -0.25) is 4.98 Å². The summed E-state index contributed by atoms with van der Waals surface area (Å²) in [6.07, 6.45) is 6.02. The van der Waals surface area contributed by atoms with Gasteiger partial charge in [0.05, 0.1) is 11.6 Å². The highest BCUT2D eigenvalue weighted by Crippen LogP contribution is 2.35. The zero-order valence-electron chi connectivity index (χ0n) is 19.3. The van der Waals surface area contributed by atoms with Crippen molar-refractivity contribution < 1.29 is 14.6 Å². The van der Waals surface area contributed by atoms with E-state index in [1.165, 1.54) is 0 Å². The quantitative estimate of drug-likeness (QED) is 0.277. The number of aliphatic hydroxyl groups is 1. The zero-order valence-corrected chi connectivity index (χ0v) is 21.6. The van der Waals surface area contributed by atoms with Gasteiger partial charge in [0.15, 0.2) is 0 Å². The van der Waals surface area contributed by atoms with Crippen molar-refractivity contribution in [2.45, 2.75) is 19.6 Å². The van der Waals surface area contributed by atoms with Gasteiger partial charge in [0.1, 0.15) is 24.7 Å². The molecule has 7 heteroatoms. The molecule has 1 unspecified atom stereocenters. The Bertz CT molecular complexity index is 1170. The average Bonchev–Trinajstić information content (AvgIpc) is 2.89. The first-order valence-corrected chi connectivity index (χ1v) is 12.7. The average molecular weight is 556 g/mol. The topological polar surface area (TPSA) is 63.6 Å². The second-order valence-electron chi connectivity index (χ2n) is 8.23. The van der Waals surface area contributed by atoms with E-state index in [0.29, 0.717) is 43.5 Å². The van der Waals surface area contributed by atoms with Gasteiger partial charge in [-0.25, -0.2) is 0 Å². The van der Waals surface area contributed by atoms with E-state index in [4.69, 9.17) is 26.2 Å². The lowest BCUT2D eigenvalue weighted by atomic mass is 9.97. The largest absolute Gasteiger partial charge is 0.493 e. The van der Waals surface area contributed by atoms with Crippen molar-refractivity contribution in [2.75, 3.05) is 19.7 Å². The third kappa shape index (κ3) is 6.95. The number of aliphatic hydroxyl groups excluding tert-OH is 1. The van der Waals surface area contributed by atoms with Crippen molar-refractivity contribution in [3.8, 4) is 11.1 Å². The number of hydrogen-bond acceptors (Lipinski definition) is 5. The minimum Gasteiger partial charge on any atom is -0.493 e. The van der Waals surface area contributed by atoms with Crippen molar-refractivity contribution >= 4 is 27.5 Å². The van der Waals surface area contributed by atoms with E-state index in [1.807, 2.05) is 48.5 Å². The molecule has 2 aromatic carbocycles. The smallest absolute Gasteiger partial charge is 0.137 e. The molecule has 1 heterocycles. The molecule has 1 aliphatic carbocycles. The Morgan fingerprint density at radius 3 is 2.66 bits per heavy atom. The summed E-state index contributed by atoms with van der Waals surface area (Å²) in [5.74, 6) is 1.46. The molecule has 1 aromatic heterocycles. The Balaban J connectivity index is 1.49. The van der Waals surface area contributed by atoms with Crippen LogP contribution < -0.4 is 5.32 Å². The highest BCUT2D eigenvalue weighted by atomic mass is 79.9. The second-order valence-corrected chi connectivity index (χ2v) is 9.48. The number of allylic oxidation sites excluding steroid dienone is 2. The van der Waals surface area contributed by atoms with Gasteiger partial charge in [-0.1, -0.05) is 66.2 Å². The van der Waals surface area contributed by atoms with E-state index in [0.717, 1.165) is 32.5 Å². The summed E-state index contributed by atoms with van der Waals surface area (Å²) in [4.78, 5) is 4.16. The first-order chi connectivity index (χ1) is 17.2. The van der Waals surface area contributed by atoms with Gasteiger partial charge in [-0.15, -0.1) is 0 Å².